The van der Waals surface area contributed by atoms with Crippen molar-refractivity contribution in [2.45, 2.75) is 33.6 Å². The second kappa shape index (κ2) is 8.90. The summed E-state index contributed by atoms with van der Waals surface area (Å²) in [6.07, 6.45) is 1.79. The molecule has 2 N–H and O–H groups in total. The van der Waals surface area contributed by atoms with Crippen LogP contribution in [0.25, 0.3) is 0 Å². The molecule has 0 aliphatic rings. The standard InChI is InChI=1S/C20H24BrNO3/c1-13-11-16(20(23)24)19(17(21)12-13)22-9-4-5-10-25-18-8-6-7-14(2)15(18)3/h6-8,11-12,22H,4-5,9-10H2,1-3H3,(H,23,24). The highest BCUT2D eigenvalue weighted by Gasteiger charge is 2.13. The van der Waals surface area contributed by atoms with Gasteiger partial charge < -0.3 is 15.2 Å². The van der Waals surface area contributed by atoms with Gasteiger partial charge in [0.15, 0.2) is 0 Å². The quantitative estimate of drug-likeness (QED) is 0.581. The van der Waals surface area contributed by atoms with Gasteiger partial charge in [-0.2, -0.15) is 0 Å². The maximum Gasteiger partial charge on any atom is 0.337 e. The van der Waals surface area contributed by atoms with Crippen molar-refractivity contribution in [1.82, 2.24) is 0 Å². The van der Waals surface area contributed by atoms with Crippen molar-refractivity contribution in [2.75, 3.05) is 18.5 Å². The minimum Gasteiger partial charge on any atom is -0.493 e. The third-order valence-corrected chi connectivity index (χ3v) is 4.78. The maximum absolute atomic E-state index is 11.4. The van der Waals surface area contributed by atoms with Gasteiger partial charge in [-0.25, -0.2) is 4.79 Å². The van der Waals surface area contributed by atoms with Gasteiger partial charge in [0.1, 0.15) is 5.75 Å². The van der Waals surface area contributed by atoms with Crippen LogP contribution in [0.3, 0.4) is 0 Å². The van der Waals surface area contributed by atoms with Crippen LogP contribution in [0.4, 0.5) is 5.69 Å². The molecule has 0 aliphatic heterocycles. The molecule has 2 rings (SSSR count). The fraction of sp³-hybridized carbons (Fsp3) is 0.350. The average Bonchev–Trinajstić information content (AvgIpc) is 2.55. The summed E-state index contributed by atoms with van der Waals surface area (Å²) in [5.41, 5.74) is 4.24. The number of carboxylic acid groups (broad SMARTS) is 1. The van der Waals surface area contributed by atoms with Crippen molar-refractivity contribution in [3.05, 3.63) is 57.1 Å². The Kier molecular flexibility index (Phi) is 6.88. The topological polar surface area (TPSA) is 58.6 Å². The fourth-order valence-electron chi connectivity index (χ4n) is 2.59. The van der Waals surface area contributed by atoms with Crippen LogP contribution < -0.4 is 10.1 Å². The zero-order valence-corrected chi connectivity index (χ0v) is 16.4. The lowest BCUT2D eigenvalue weighted by atomic mass is 10.1. The van der Waals surface area contributed by atoms with E-state index in [1.54, 1.807) is 6.07 Å². The first kappa shape index (κ1) is 19.3. The van der Waals surface area contributed by atoms with E-state index >= 15 is 0 Å². The molecule has 2 aromatic rings. The number of ether oxygens (including phenoxy) is 1. The van der Waals surface area contributed by atoms with Crippen LogP contribution in [0, 0.1) is 20.8 Å². The monoisotopic (exact) mass is 405 g/mol. The van der Waals surface area contributed by atoms with Crippen LogP contribution in [-0.4, -0.2) is 24.2 Å². The number of benzene rings is 2. The molecular weight excluding hydrogens is 382 g/mol. The molecule has 0 aliphatic carbocycles. The summed E-state index contributed by atoms with van der Waals surface area (Å²) in [6, 6.07) is 9.66. The van der Waals surface area contributed by atoms with Crippen LogP contribution in [0.15, 0.2) is 34.8 Å². The van der Waals surface area contributed by atoms with E-state index in [4.69, 9.17) is 4.74 Å². The molecule has 0 heterocycles. The van der Waals surface area contributed by atoms with Crippen LogP contribution in [0.2, 0.25) is 0 Å². The van der Waals surface area contributed by atoms with E-state index in [9.17, 15) is 9.90 Å². The second-order valence-electron chi connectivity index (χ2n) is 6.15. The van der Waals surface area contributed by atoms with Gasteiger partial charge in [-0.1, -0.05) is 12.1 Å². The number of hydrogen-bond donors (Lipinski definition) is 2. The summed E-state index contributed by atoms with van der Waals surface area (Å²) in [7, 11) is 0. The summed E-state index contributed by atoms with van der Waals surface area (Å²) in [5, 5.41) is 12.6. The normalized spacial score (nSPS) is 10.6. The number of hydrogen-bond acceptors (Lipinski definition) is 3. The number of carbonyl (C=O) groups is 1. The van der Waals surface area contributed by atoms with Gasteiger partial charge in [0.05, 0.1) is 17.9 Å². The minimum atomic E-state index is -0.926. The number of aryl methyl sites for hydroxylation is 2. The van der Waals surface area contributed by atoms with Crippen LogP contribution >= 0.6 is 15.9 Å². The molecular formula is C20H24BrNO3. The third kappa shape index (κ3) is 5.23. The Labute approximate surface area is 157 Å². The van der Waals surface area contributed by atoms with E-state index in [0.29, 0.717) is 24.4 Å². The number of unbranched alkanes of at least 4 members (excludes halogenated alkanes) is 1. The summed E-state index contributed by atoms with van der Waals surface area (Å²) < 4.78 is 6.61. The number of rotatable bonds is 8. The number of aromatic carboxylic acids is 1. The number of halogens is 1. The first-order chi connectivity index (χ1) is 11.9. The number of carboxylic acids is 1. The molecule has 0 unspecified atom stereocenters. The molecule has 0 bridgehead atoms. The largest absolute Gasteiger partial charge is 0.493 e. The summed E-state index contributed by atoms with van der Waals surface area (Å²) in [5.74, 6) is 0.00700. The van der Waals surface area contributed by atoms with Crippen molar-refractivity contribution in [1.29, 1.82) is 0 Å². The third-order valence-electron chi connectivity index (χ3n) is 4.15. The molecule has 0 amide bonds. The van der Waals surface area contributed by atoms with Gasteiger partial charge in [-0.3, -0.25) is 0 Å². The van der Waals surface area contributed by atoms with Gasteiger partial charge in [0, 0.05) is 11.0 Å². The molecule has 4 nitrogen and oxygen atoms in total. The van der Waals surface area contributed by atoms with Gasteiger partial charge in [0.25, 0.3) is 0 Å². The van der Waals surface area contributed by atoms with Gasteiger partial charge in [0.2, 0.25) is 0 Å². The van der Waals surface area contributed by atoms with E-state index in [1.807, 2.05) is 25.1 Å². The first-order valence-corrected chi connectivity index (χ1v) is 9.15. The molecule has 134 valence electrons. The molecule has 0 fully saturated rings. The Morgan fingerprint density at radius 3 is 2.68 bits per heavy atom. The predicted molar refractivity (Wildman–Crippen MR) is 105 cm³/mol. The van der Waals surface area contributed by atoms with E-state index in [2.05, 4.69) is 41.2 Å². The van der Waals surface area contributed by atoms with Crippen LogP contribution in [-0.2, 0) is 0 Å². The van der Waals surface area contributed by atoms with E-state index in [1.165, 1.54) is 11.1 Å². The molecule has 0 spiro atoms. The molecule has 2 aromatic carbocycles. The Bertz CT molecular complexity index is 759. The Hall–Kier alpha value is -2.01. The number of nitrogens with one attached hydrogen (secondary N) is 1. The van der Waals surface area contributed by atoms with E-state index in [0.717, 1.165) is 28.6 Å². The SMILES string of the molecule is Cc1cc(Br)c(NCCCCOc2cccc(C)c2C)c(C(=O)O)c1. The Balaban J connectivity index is 1.82. The van der Waals surface area contributed by atoms with E-state index in [-0.39, 0.29) is 0 Å². The van der Waals surface area contributed by atoms with Crippen LogP contribution in [0.5, 0.6) is 5.75 Å². The zero-order chi connectivity index (χ0) is 18.4. The molecule has 0 aromatic heterocycles. The van der Waals surface area contributed by atoms with Crippen LogP contribution in [0.1, 0.15) is 39.9 Å². The maximum atomic E-state index is 11.4. The lowest BCUT2D eigenvalue weighted by Gasteiger charge is -2.13. The predicted octanol–water partition coefficient (Wildman–Crippen LogP) is 5.34. The summed E-state index contributed by atoms with van der Waals surface area (Å²) in [4.78, 5) is 11.4. The van der Waals surface area contributed by atoms with Gasteiger partial charge in [-0.05, 0) is 84.4 Å². The van der Waals surface area contributed by atoms with Crippen molar-refractivity contribution >= 4 is 27.6 Å². The molecule has 0 atom stereocenters. The Morgan fingerprint density at radius 2 is 1.96 bits per heavy atom. The van der Waals surface area contributed by atoms with Crippen molar-refractivity contribution in [3.63, 3.8) is 0 Å². The highest BCUT2D eigenvalue weighted by Crippen LogP contribution is 2.28. The second-order valence-corrected chi connectivity index (χ2v) is 7.01. The first-order valence-electron chi connectivity index (χ1n) is 8.36. The summed E-state index contributed by atoms with van der Waals surface area (Å²) in [6.45, 7) is 7.36. The highest BCUT2D eigenvalue weighted by atomic mass is 79.9. The highest BCUT2D eigenvalue weighted by molar-refractivity contribution is 9.10. The van der Waals surface area contributed by atoms with Gasteiger partial charge in [-0.15, -0.1) is 0 Å². The molecule has 0 saturated carbocycles. The molecule has 0 radical (unpaired) electrons. The smallest absolute Gasteiger partial charge is 0.337 e. The summed E-state index contributed by atoms with van der Waals surface area (Å²) >= 11 is 3.44. The van der Waals surface area contributed by atoms with E-state index < -0.39 is 5.97 Å². The average molecular weight is 406 g/mol. The zero-order valence-electron chi connectivity index (χ0n) is 14.9. The number of anilines is 1. The lowest BCUT2D eigenvalue weighted by Crippen LogP contribution is -2.10. The van der Waals surface area contributed by atoms with Crippen molar-refractivity contribution in [3.8, 4) is 5.75 Å². The molecule has 0 saturated heterocycles. The fourth-order valence-corrected chi connectivity index (χ4v) is 3.31. The van der Waals surface area contributed by atoms with Gasteiger partial charge >= 0.3 is 5.97 Å². The Morgan fingerprint density at radius 1 is 1.20 bits per heavy atom. The lowest BCUT2D eigenvalue weighted by molar-refractivity contribution is 0.0697. The molecule has 25 heavy (non-hydrogen) atoms. The molecule has 5 heteroatoms. The van der Waals surface area contributed by atoms with Crippen molar-refractivity contribution in [2.24, 2.45) is 0 Å². The minimum absolute atomic E-state index is 0.290. The van der Waals surface area contributed by atoms with Crippen molar-refractivity contribution < 1.29 is 14.6 Å².